The Balaban J connectivity index is 2.17. The van der Waals surface area contributed by atoms with Gasteiger partial charge in [0.05, 0.1) is 24.6 Å². The summed E-state index contributed by atoms with van der Waals surface area (Å²) in [6.07, 6.45) is 3.32. The van der Waals surface area contributed by atoms with Crippen LogP contribution >= 0.6 is 0 Å². The Morgan fingerprint density at radius 1 is 1.91 bits per heavy atom. The highest BCUT2D eigenvalue weighted by Crippen LogP contribution is 1.90. The molecule has 0 saturated heterocycles. The second-order valence-corrected chi connectivity index (χ2v) is 1.85. The fraction of sp³-hybridized carbons (Fsp3) is 0.333. The molecule has 11 heavy (non-hydrogen) atoms. The lowest BCUT2D eigenvalue weighted by atomic mass is 10.4. The van der Waals surface area contributed by atoms with Gasteiger partial charge in [0.2, 0.25) is 0 Å². The SMILES string of the molecule is N#CCONC1=CNC=NC1. The fourth-order valence-corrected chi connectivity index (χ4v) is 0.603. The second kappa shape index (κ2) is 4.30. The molecule has 0 bridgehead atoms. The Bertz CT molecular complexity index is 215. The van der Waals surface area contributed by atoms with Crippen LogP contribution in [0.4, 0.5) is 0 Å². The van der Waals surface area contributed by atoms with Gasteiger partial charge in [-0.05, 0) is 0 Å². The van der Waals surface area contributed by atoms with Gasteiger partial charge >= 0.3 is 0 Å². The number of nitrogens with one attached hydrogen (secondary N) is 2. The van der Waals surface area contributed by atoms with E-state index < -0.39 is 0 Å². The van der Waals surface area contributed by atoms with Gasteiger partial charge in [0.25, 0.3) is 0 Å². The average molecular weight is 152 g/mol. The number of aliphatic imine (C=N–C) groups is 1. The van der Waals surface area contributed by atoms with E-state index in [2.05, 4.69) is 15.8 Å². The molecular weight excluding hydrogens is 144 g/mol. The summed E-state index contributed by atoms with van der Waals surface area (Å²) in [6, 6.07) is 1.84. The Hall–Kier alpha value is -1.54. The fourth-order valence-electron chi connectivity index (χ4n) is 0.603. The summed E-state index contributed by atoms with van der Waals surface area (Å²) in [5, 5.41) is 10.9. The van der Waals surface area contributed by atoms with Crippen molar-refractivity contribution in [3.63, 3.8) is 0 Å². The molecule has 1 aliphatic heterocycles. The molecule has 0 fully saturated rings. The van der Waals surface area contributed by atoms with Crippen LogP contribution in [-0.4, -0.2) is 19.5 Å². The van der Waals surface area contributed by atoms with E-state index in [1.807, 2.05) is 6.07 Å². The summed E-state index contributed by atoms with van der Waals surface area (Å²) < 4.78 is 0. The first-order chi connectivity index (χ1) is 5.43. The normalized spacial score (nSPS) is 14.6. The third-order valence-corrected chi connectivity index (χ3v) is 1.02. The maximum Gasteiger partial charge on any atom is 0.161 e. The van der Waals surface area contributed by atoms with Gasteiger partial charge in [-0.2, -0.15) is 5.26 Å². The average Bonchev–Trinajstić information content (AvgIpc) is 2.07. The van der Waals surface area contributed by atoms with Crippen LogP contribution in [0.1, 0.15) is 0 Å². The molecule has 0 spiro atoms. The van der Waals surface area contributed by atoms with Gasteiger partial charge in [0.15, 0.2) is 6.61 Å². The minimum atomic E-state index is 0.0288. The standard InChI is InChI=1S/C6H8N4O/c7-1-2-11-10-6-3-8-5-9-4-6/h3,5,10H,2,4H2,(H,8,9). The van der Waals surface area contributed by atoms with Crippen molar-refractivity contribution in [3.05, 3.63) is 11.9 Å². The molecule has 1 heterocycles. The highest BCUT2D eigenvalue weighted by Gasteiger charge is 1.96. The third kappa shape index (κ3) is 2.69. The van der Waals surface area contributed by atoms with Crippen molar-refractivity contribution in [2.75, 3.05) is 13.2 Å². The van der Waals surface area contributed by atoms with Crippen LogP contribution in [0.25, 0.3) is 0 Å². The molecule has 0 aromatic rings. The quantitative estimate of drug-likeness (QED) is 0.422. The lowest BCUT2D eigenvalue weighted by molar-refractivity contribution is 0.0879. The Labute approximate surface area is 64.3 Å². The minimum absolute atomic E-state index is 0.0288. The van der Waals surface area contributed by atoms with Crippen molar-refractivity contribution in [1.29, 1.82) is 5.26 Å². The maximum atomic E-state index is 8.12. The molecule has 0 atom stereocenters. The first-order valence-corrected chi connectivity index (χ1v) is 3.11. The smallest absolute Gasteiger partial charge is 0.161 e. The summed E-state index contributed by atoms with van der Waals surface area (Å²) in [4.78, 5) is 8.64. The zero-order valence-corrected chi connectivity index (χ0v) is 5.87. The summed E-state index contributed by atoms with van der Waals surface area (Å²) in [7, 11) is 0. The molecule has 0 unspecified atom stereocenters. The second-order valence-electron chi connectivity index (χ2n) is 1.85. The third-order valence-electron chi connectivity index (χ3n) is 1.02. The monoisotopic (exact) mass is 152 g/mol. The van der Waals surface area contributed by atoms with Crippen molar-refractivity contribution in [3.8, 4) is 6.07 Å². The number of nitrogens with zero attached hydrogens (tertiary/aromatic N) is 2. The summed E-state index contributed by atoms with van der Waals surface area (Å²) >= 11 is 0. The molecule has 0 aromatic carbocycles. The molecule has 5 heteroatoms. The lowest BCUT2D eigenvalue weighted by Crippen LogP contribution is -2.22. The topological polar surface area (TPSA) is 69.4 Å². The molecule has 1 rings (SSSR count). The van der Waals surface area contributed by atoms with E-state index in [1.54, 1.807) is 12.5 Å². The van der Waals surface area contributed by atoms with E-state index in [9.17, 15) is 0 Å². The minimum Gasteiger partial charge on any atom is -0.351 e. The Morgan fingerprint density at radius 3 is 3.45 bits per heavy atom. The number of hydrogen-bond donors (Lipinski definition) is 2. The van der Waals surface area contributed by atoms with Crippen molar-refractivity contribution >= 4 is 6.34 Å². The van der Waals surface area contributed by atoms with Crippen molar-refractivity contribution in [2.45, 2.75) is 0 Å². The zero-order chi connectivity index (χ0) is 7.94. The molecule has 0 radical (unpaired) electrons. The van der Waals surface area contributed by atoms with E-state index >= 15 is 0 Å². The van der Waals surface area contributed by atoms with Crippen LogP contribution in [0.15, 0.2) is 16.9 Å². The highest BCUT2D eigenvalue weighted by molar-refractivity contribution is 5.57. The van der Waals surface area contributed by atoms with E-state index in [4.69, 9.17) is 10.1 Å². The molecule has 0 aliphatic carbocycles. The summed E-state index contributed by atoms with van der Waals surface area (Å²) in [5.41, 5.74) is 3.39. The van der Waals surface area contributed by atoms with Crippen LogP contribution in [0.3, 0.4) is 0 Å². The Kier molecular flexibility index (Phi) is 2.96. The largest absolute Gasteiger partial charge is 0.351 e. The molecule has 58 valence electrons. The van der Waals surface area contributed by atoms with Crippen LogP contribution in [0.5, 0.6) is 0 Å². The molecular formula is C6H8N4O. The van der Waals surface area contributed by atoms with E-state index in [0.29, 0.717) is 6.54 Å². The predicted molar refractivity (Wildman–Crippen MR) is 39.3 cm³/mol. The van der Waals surface area contributed by atoms with Crippen LogP contribution < -0.4 is 10.8 Å². The molecule has 0 saturated carbocycles. The first kappa shape index (κ1) is 7.57. The first-order valence-electron chi connectivity index (χ1n) is 3.11. The zero-order valence-electron chi connectivity index (χ0n) is 5.87. The lowest BCUT2D eigenvalue weighted by Gasteiger charge is -2.09. The maximum absolute atomic E-state index is 8.12. The summed E-state index contributed by atoms with van der Waals surface area (Å²) in [6.45, 7) is 0.583. The number of rotatable bonds is 3. The molecule has 5 nitrogen and oxygen atoms in total. The molecule has 0 amide bonds. The predicted octanol–water partition coefficient (Wildman–Crippen LogP) is -0.496. The highest BCUT2D eigenvalue weighted by atomic mass is 16.6. The van der Waals surface area contributed by atoms with E-state index in [-0.39, 0.29) is 6.61 Å². The molecule has 0 aromatic heterocycles. The van der Waals surface area contributed by atoms with Crippen LogP contribution in [0, 0.1) is 11.3 Å². The van der Waals surface area contributed by atoms with Gasteiger partial charge in [0, 0.05) is 6.20 Å². The van der Waals surface area contributed by atoms with Gasteiger partial charge in [-0.1, -0.05) is 0 Å². The number of hydrogen-bond acceptors (Lipinski definition) is 5. The number of hydroxylamine groups is 1. The van der Waals surface area contributed by atoms with Gasteiger partial charge in [-0.15, -0.1) is 0 Å². The van der Waals surface area contributed by atoms with Crippen LogP contribution in [0.2, 0.25) is 0 Å². The van der Waals surface area contributed by atoms with Crippen molar-refractivity contribution in [2.24, 2.45) is 4.99 Å². The van der Waals surface area contributed by atoms with Crippen molar-refractivity contribution in [1.82, 2.24) is 10.8 Å². The van der Waals surface area contributed by atoms with Gasteiger partial charge in [-0.25, -0.2) is 0 Å². The van der Waals surface area contributed by atoms with E-state index in [1.165, 1.54) is 0 Å². The van der Waals surface area contributed by atoms with E-state index in [0.717, 1.165) is 5.70 Å². The molecule has 1 aliphatic rings. The summed E-state index contributed by atoms with van der Waals surface area (Å²) in [5.74, 6) is 0. The Morgan fingerprint density at radius 2 is 2.82 bits per heavy atom. The van der Waals surface area contributed by atoms with Crippen molar-refractivity contribution < 1.29 is 4.84 Å². The van der Waals surface area contributed by atoms with Crippen LogP contribution in [-0.2, 0) is 4.84 Å². The van der Waals surface area contributed by atoms with Gasteiger partial charge in [0.1, 0.15) is 0 Å². The number of nitriles is 1. The van der Waals surface area contributed by atoms with Gasteiger partial charge < -0.3 is 5.32 Å². The van der Waals surface area contributed by atoms with Gasteiger partial charge in [-0.3, -0.25) is 15.3 Å². The molecule has 2 N–H and O–H groups in total.